The van der Waals surface area contributed by atoms with Crippen LogP contribution in [-0.2, 0) is 9.31 Å². The van der Waals surface area contributed by atoms with E-state index in [9.17, 15) is 0 Å². The van der Waals surface area contributed by atoms with Gasteiger partial charge in [-0.3, -0.25) is 0 Å². The van der Waals surface area contributed by atoms with Crippen molar-refractivity contribution in [3.05, 3.63) is 10.4 Å². The van der Waals surface area contributed by atoms with Gasteiger partial charge in [-0.25, -0.2) is 0 Å². The minimum absolute atomic E-state index is 0.0977. The van der Waals surface area contributed by atoms with Crippen molar-refractivity contribution in [2.24, 2.45) is 5.11 Å². The molecule has 1 aliphatic rings. The molecule has 0 aromatic rings. The standard InChI is InChI=1S/C11H22BN3O2/c1-10(2)11(3,4)17-12(16-10)8-6-5-7-9-14-15-13/h5-9H2,1-4H3. The molecule has 0 N–H and O–H groups in total. The number of unbranched alkanes of at least 4 members (excludes halogenated alkanes) is 2. The van der Waals surface area contributed by atoms with Gasteiger partial charge in [-0.15, -0.1) is 0 Å². The molecule has 0 aromatic carbocycles. The summed E-state index contributed by atoms with van der Waals surface area (Å²) in [6, 6.07) is 0. The van der Waals surface area contributed by atoms with Gasteiger partial charge in [0.2, 0.25) is 0 Å². The van der Waals surface area contributed by atoms with Gasteiger partial charge < -0.3 is 9.31 Å². The Kier molecular flexibility index (Phi) is 4.86. The Morgan fingerprint density at radius 3 is 2.18 bits per heavy atom. The highest BCUT2D eigenvalue weighted by Crippen LogP contribution is 2.38. The summed E-state index contributed by atoms with van der Waals surface area (Å²) < 4.78 is 11.8. The molecular weight excluding hydrogens is 217 g/mol. The Labute approximate surface area is 104 Å². The second-order valence-electron chi connectivity index (χ2n) is 5.49. The van der Waals surface area contributed by atoms with Crippen LogP contribution in [0.25, 0.3) is 10.4 Å². The molecule has 0 aliphatic carbocycles. The highest BCUT2D eigenvalue weighted by atomic mass is 16.7. The first-order chi connectivity index (χ1) is 7.89. The zero-order valence-electron chi connectivity index (χ0n) is 11.3. The Balaban J connectivity index is 2.20. The second kappa shape index (κ2) is 5.76. The lowest BCUT2D eigenvalue weighted by Gasteiger charge is -2.32. The van der Waals surface area contributed by atoms with Crippen molar-refractivity contribution in [2.75, 3.05) is 6.54 Å². The molecule has 1 fully saturated rings. The topological polar surface area (TPSA) is 67.2 Å². The monoisotopic (exact) mass is 239 g/mol. The number of rotatable bonds is 6. The van der Waals surface area contributed by atoms with E-state index >= 15 is 0 Å². The molecule has 17 heavy (non-hydrogen) atoms. The van der Waals surface area contributed by atoms with Crippen LogP contribution in [0.2, 0.25) is 6.32 Å². The molecule has 0 spiro atoms. The van der Waals surface area contributed by atoms with Crippen molar-refractivity contribution < 1.29 is 9.31 Å². The molecule has 0 bridgehead atoms. The van der Waals surface area contributed by atoms with Crippen LogP contribution >= 0.6 is 0 Å². The van der Waals surface area contributed by atoms with Crippen molar-refractivity contribution in [1.29, 1.82) is 0 Å². The molecule has 5 nitrogen and oxygen atoms in total. The summed E-state index contributed by atoms with van der Waals surface area (Å²) in [6.07, 6.45) is 3.92. The first-order valence-electron chi connectivity index (χ1n) is 6.25. The molecular formula is C11H22BN3O2. The summed E-state index contributed by atoms with van der Waals surface area (Å²) >= 11 is 0. The fourth-order valence-corrected chi connectivity index (χ4v) is 1.80. The van der Waals surface area contributed by atoms with Crippen LogP contribution in [0, 0.1) is 0 Å². The molecule has 0 radical (unpaired) electrons. The smallest absolute Gasteiger partial charge is 0.403 e. The lowest BCUT2D eigenvalue weighted by molar-refractivity contribution is 0.00578. The molecule has 1 rings (SSSR count). The zero-order valence-corrected chi connectivity index (χ0v) is 11.3. The SMILES string of the molecule is CC1(C)OB(CCCCCN=[N+]=[N-])OC1(C)C. The Hall–Kier alpha value is -0.705. The highest BCUT2D eigenvalue weighted by Gasteiger charge is 2.50. The zero-order chi connectivity index (χ0) is 12.9. The van der Waals surface area contributed by atoms with Gasteiger partial charge in [0.1, 0.15) is 0 Å². The quantitative estimate of drug-likeness (QED) is 0.234. The molecule has 6 heteroatoms. The summed E-state index contributed by atoms with van der Waals surface area (Å²) in [6.45, 7) is 8.84. The Morgan fingerprint density at radius 1 is 1.06 bits per heavy atom. The third kappa shape index (κ3) is 3.91. The van der Waals surface area contributed by atoms with Gasteiger partial charge in [0, 0.05) is 11.5 Å². The van der Waals surface area contributed by atoms with Gasteiger partial charge in [0.05, 0.1) is 11.2 Å². The third-order valence-corrected chi connectivity index (χ3v) is 3.56. The van der Waals surface area contributed by atoms with Gasteiger partial charge in [0.25, 0.3) is 0 Å². The van der Waals surface area contributed by atoms with Crippen LogP contribution in [-0.4, -0.2) is 24.9 Å². The van der Waals surface area contributed by atoms with Gasteiger partial charge in [-0.2, -0.15) is 0 Å². The molecule has 0 saturated carbocycles. The second-order valence-corrected chi connectivity index (χ2v) is 5.49. The van der Waals surface area contributed by atoms with E-state index in [1.54, 1.807) is 0 Å². The number of hydrogen-bond donors (Lipinski definition) is 0. The van der Waals surface area contributed by atoms with Crippen LogP contribution in [0.3, 0.4) is 0 Å². The van der Waals surface area contributed by atoms with Crippen LogP contribution < -0.4 is 0 Å². The maximum absolute atomic E-state index is 8.13. The summed E-state index contributed by atoms with van der Waals surface area (Å²) in [5.74, 6) is 0. The van der Waals surface area contributed by atoms with Crippen LogP contribution in [0.1, 0.15) is 47.0 Å². The minimum atomic E-state index is -0.233. The lowest BCUT2D eigenvalue weighted by Crippen LogP contribution is -2.41. The maximum atomic E-state index is 8.13. The normalized spacial score (nSPS) is 21.3. The van der Waals surface area contributed by atoms with Crippen LogP contribution in [0.15, 0.2) is 5.11 Å². The van der Waals surface area contributed by atoms with E-state index in [0.29, 0.717) is 6.54 Å². The van der Waals surface area contributed by atoms with Crippen molar-refractivity contribution in [2.45, 2.75) is 64.5 Å². The van der Waals surface area contributed by atoms with Crippen LogP contribution in [0.4, 0.5) is 0 Å². The van der Waals surface area contributed by atoms with Gasteiger partial charge in [-0.1, -0.05) is 18.0 Å². The van der Waals surface area contributed by atoms with Crippen molar-refractivity contribution in [3.63, 3.8) is 0 Å². The number of hydrogen-bond acceptors (Lipinski definition) is 3. The van der Waals surface area contributed by atoms with E-state index < -0.39 is 0 Å². The fraction of sp³-hybridized carbons (Fsp3) is 1.00. The predicted molar refractivity (Wildman–Crippen MR) is 68.8 cm³/mol. The van der Waals surface area contributed by atoms with Crippen molar-refractivity contribution in [3.8, 4) is 0 Å². The van der Waals surface area contributed by atoms with Crippen molar-refractivity contribution >= 4 is 7.12 Å². The molecule has 1 saturated heterocycles. The first kappa shape index (κ1) is 14.4. The fourth-order valence-electron chi connectivity index (χ4n) is 1.80. The lowest BCUT2D eigenvalue weighted by atomic mass is 9.82. The van der Waals surface area contributed by atoms with Crippen molar-refractivity contribution in [1.82, 2.24) is 0 Å². The molecule has 96 valence electrons. The largest absolute Gasteiger partial charge is 0.457 e. The van der Waals surface area contributed by atoms with Gasteiger partial charge in [-0.05, 0) is 46.0 Å². The average Bonchev–Trinajstić information content (AvgIpc) is 2.41. The third-order valence-electron chi connectivity index (χ3n) is 3.56. The summed E-state index contributed by atoms with van der Waals surface area (Å²) in [5.41, 5.74) is 7.66. The van der Waals surface area contributed by atoms with E-state index in [1.165, 1.54) is 0 Å². The highest BCUT2D eigenvalue weighted by molar-refractivity contribution is 6.45. The molecule has 1 heterocycles. The van der Waals surface area contributed by atoms with Gasteiger partial charge >= 0.3 is 7.12 Å². The predicted octanol–water partition coefficient (Wildman–Crippen LogP) is 3.56. The molecule has 0 aromatic heterocycles. The van der Waals surface area contributed by atoms with E-state index in [-0.39, 0.29) is 18.3 Å². The van der Waals surface area contributed by atoms with Crippen LogP contribution in [0.5, 0.6) is 0 Å². The average molecular weight is 239 g/mol. The summed E-state index contributed by atoms with van der Waals surface area (Å²) in [4.78, 5) is 2.72. The number of nitrogens with zero attached hydrogens (tertiary/aromatic N) is 3. The number of azide groups is 1. The first-order valence-corrected chi connectivity index (χ1v) is 6.25. The minimum Gasteiger partial charge on any atom is -0.403 e. The van der Waals surface area contributed by atoms with E-state index in [4.69, 9.17) is 14.8 Å². The molecule has 0 amide bonds. The van der Waals surface area contributed by atoms with Gasteiger partial charge in [0.15, 0.2) is 0 Å². The van der Waals surface area contributed by atoms with E-state index in [1.807, 2.05) is 0 Å². The maximum Gasteiger partial charge on any atom is 0.457 e. The Morgan fingerprint density at radius 2 is 1.65 bits per heavy atom. The van der Waals surface area contributed by atoms with E-state index in [0.717, 1.165) is 25.6 Å². The molecule has 1 aliphatic heterocycles. The molecule has 0 unspecified atom stereocenters. The van der Waals surface area contributed by atoms with E-state index in [2.05, 4.69) is 37.7 Å². The Bertz CT molecular complexity index is 285. The molecule has 0 atom stereocenters. The summed E-state index contributed by atoms with van der Waals surface area (Å²) in [7, 11) is -0.0977. The summed E-state index contributed by atoms with van der Waals surface area (Å²) in [5, 5.41) is 3.51.